The molecule has 0 unspecified atom stereocenters. The van der Waals surface area contributed by atoms with Crippen molar-refractivity contribution in [2.45, 2.75) is 6.18 Å². The second kappa shape index (κ2) is 4.56. The van der Waals surface area contributed by atoms with E-state index in [2.05, 4.69) is 15.0 Å². The van der Waals surface area contributed by atoms with Crippen molar-refractivity contribution in [3.8, 4) is 0 Å². The Labute approximate surface area is 93.0 Å². The van der Waals surface area contributed by atoms with Crippen LogP contribution in [-0.2, 0) is 0 Å². The fraction of sp³-hybridized carbons (Fsp3) is 0.429. The zero-order valence-electron chi connectivity index (χ0n) is 8.18. The van der Waals surface area contributed by atoms with Crippen LogP contribution in [0.4, 0.5) is 24.0 Å². The number of hydrogen-bond donors (Lipinski definition) is 3. The van der Waals surface area contributed by atoms with Gasteiger partial charge in [-0.1, -0.05) is 0 Å². The highest BCUT2D eigenvalue weighted by molar-refractivity contribution is 7.11. The lowest BCUT2D eigenvalue weighted by Crippen LogP contribution is -2.24. The highest BCUT2D eigenvalue weighted by Crippen LogP contribution is 2.27. The lowest BCUT2D eigenvalue weighted by molar-refractivity contribution is -0.115. The van der Waals surface area contributed by atoms with Crippen LogP contribution in [0.15, 0.2) is 0 Å². The number of carbonyl (C=O) groups excluding carboxylic acids is 1. The first kappa shape index (κ1) is 12.6. The first-order valence-electron chi connectivity index (χ1n) is 4.13. The number of nitrogens with two attached hydrogens (primary N) is 1. The quantitative estimate of drug-likeness (QED) is 0.753. The number of anilines is 2. The molecule has 1 aromatic heterocycles. The fourth-order valence-electron chi connectivity index (χ4n) is 0.948. The van der Waals surface area contributed by atoms with Crippen molar-refractivity contribution in [3.63, 3.8) is 0 Å². The number of alkyl halides is 3. The van der Waals surface area contributed by atoms with E-state index in [1.807, 2.05) is 0 Å². The lowest BCUT2D eigenvalue weighted by Gasteiger charge is -2.08. The number of aromatic nitrogens is 1. The molecular formula is C7H9F3N4OS. The van der Waals surface area contributed by atoms with Gasteiger partial charge in [-0.3, -0.25) is 4.79 Å². The Morgan fingerprint density at radius 1 is 1.56 bits per heavy atom. The van der Waals surface area contributed by atoms with E-state index in [1.54, 1.807) is 0 Å². The van der Waals surface area contributed by atoms with E-state index in [1.165, 1.54) is 7.05 Å². The van der Waals surface area contributed by atoms with Gasteiger partial charge in [-0.25, -0.2) is 0 Å². The Balaban J connectivity index is 2.85. The SMILES string of the molecule is CNC(=O)c1c(N)nsc1NCC(F)(F)F. The van der Waals surface area contributed by atoms with Gasteiger partial charge in [0.2, 0.25) is 0 Å². The lowest BCUT2D eigenvalue weighted by atomic mass is 10.3. The standard InChI is InChI=1S/C7H9F3N4OS/c1-12-5(15)3-4(11)14-16-6(3)13-2-7(8,9)10/h13H,2H2,1H3,(H2,11,14)(H,12,15). The molecule has 1 heterocycles. The predicted octanol–water partition coefficient (Wildman–Crippen LogP) is 1.06. The molecule has 0 atom stereocenters. The van der Waals surface area contributed by atoms with Gasteiger partial charge in [0.25, 0.3) is 5.91 Å². The molecule has 9 heteroatoms. The molecule has 0 bridgehead atoms. The van der Waals surface area contributed by atoms with Gasteiger partial charge in [0.1, 0.15) is 17.1 Å². The number of amides is 1. The Hall–Kier alpha value is -1.51. The van der Waals surface area contributed by atoms with Crippen molar-refractivity contribution in [3.05, 3.63) is 5.56 Å². The van der Waals surface area contributed by atoms with E-state index >= 15 is 0 Å². The Morgan fingerprint density at radius 2 is 2.19 bits per heavy atom. The molecule has 0 fully saturated rings. The minimum absolute atomic E-state index is 0.00850. The van der Waals surface area contributed by atoms with Gasteiger partial charge in [0.05, 0.1) is 0 Å². The van der Waals surface area contributed by atoms with E-state index in [4.69, 9.17) is 5.73 Å². The second-order valence-corrected chi connectivity index (χ2v) is 3.59. The molecule has 0 radical (unpaired) electrons. The summed E-state index contributed by atoms with van der Waals surface area (Å²) in [5, 5.41) is 4.36. The van der Waals surface area contributed by atoms with Crippen molar-refractivity contribution >= 4 is 28.3 Å². The van der Waals surface area contributed by atoms with E-state index in [0.29, 0.717) is 11.5 Å². The number of nitrogen functional groups attached to an aromatic ring is 1. The van der Waals surface area contributed by atoms with Crippen LogP contribution < -0.4 is 16.4 Å². The average molecular weight is 254 g/mol. The first-order chi connectivity index (χ1) is 7.35. The maximum Gasteiger partial charge on any atom is 0.405 e. The summed E-state index contributed by atoms with van der Waals surface area (Å²) in [5.41, 5.74) is 5.32. The van der Waals surface area contributed by atoms with Gasteiger partial charge in [-0.15, -0.1) is 0 Å². The van der Waals surface area contributed by atoms with Crippen molar-refractivity contribution in [1.29, 1.82) is 0 Å². The molecule has 1 aromatic rings. The molecule has 4 N–H and O–H groups in total. The summed E-state index contributed by atoms with van der Waals surface area (Å²) in [7, 11) is 1.35. The molecule has 1 rings (SSSR count). The van der Waals surface area contributed by atoms with Gasteiger partial charge in [-0.2, -0.15) is 17.5 Å². The predicted molar refractivity (Wildman–Crippen MR) is 54.5 cm³/mol. The zero-order chi connectivity index (χ0) is 12.3. The maximum atomic E-state index is 12.0. The second-order valence-electron chi connectivity index (χ2n) is 2.82. The van der Waals surface area contributed by atoms with E-state index in [9.17, 15) is 18.0 Å². The van der Waals surface area contributed by atoms with Crippen molar-refractivity contribution in [1.82, 2.24) is 9.69 Å². The molecule has 16 heavy (non-hydrogen) atoms. The summed E-state index contributed by atoms with van der Waals surface area (Å²) in [4.78, 5) is 11.3. The van der Waals surface area contributed by atoms with Gasteiger partial charge in [-0.05, 0) is 11.5 Å². The molecule has 90 valence electrons. The summed E-state index contributed by atoms with van der Waals surface area (Å²) in [6.07, 6.45) is -4.36. The van der Waals surface area contributed by atoms with Crippen molar-refractivity contribution in [2.75, 3.05) is 24.6 Å². The van der Waals surface area contributed by atoms with Crippen LogP contribution in [0.25, 0.3) is 0 Å². The number of halogens is 3. The van der Waals surface area contributed by atoms with Crippen molar-refractivity contribution < 1.29 is 18.0 Å². The summed E-state index contributed by atoms with van der Waals surface area (Å²) in [6.45, 7) is -1.24. The molecule has 0 aliphatic carbocycles. The molecule has 5 nitrogen and oxygen atoms in total. The van der Waals surface area contributed by atoms with Crippen LogP contribution in [0.1, 0.15) is 10.4 Å². The summed E-state index contributed by atoms with van der Waals surface area (Å²) >= 11 is 0.714. The minimum Gasteiger partial charge on any atom is -0.382 e. The number of rotatable bonds is 3. The zero-order valence-corrected chi connectivity index (χ0v) is 9.00. The molecule has 0 aliphatic heterocycles. The average Bonchev–Trinajstić information content (AvgIpc) is 2.54. The van der Waals surface area contributed by atoms with Crippen LogP contribution >= 0.6 is 11.5 Å². The normalized spacial score (nSPS) is 11.2. The molecular weight excluding hydrogens is 245 g/mol. The maximum absolute atomic E-state index is 12.0. The van der Waals surface area contributed by atoms with Crippen LogP contribution in [0.2, 0.25) is 0 Å². The Bertz CT molecular complexity index is 389. The minimum atomic E-state index is -4.36. The van der Waals surface area contributed by atoms with E-state index < -0.39 is 18.6 Å². The Morgan fingerprint density at radius 3 is 2.69 bits per heavy atom. The topological polar surface area (TPSA) is 80.0 Å². The van der Waals surface area contributed by atoms with Crippen LogP contribution in [0, 0.1) is 0 Å². The largest absolute Gasteiger partial charge is 0.405 e. The van der Waals surface area contributed by atoms with Crippen molar-refractivity contribution in [2.24, 2.45) is 0 Å². The monoisotopic (exact) mass is 254 g/mol. The summed E-state index contributed by atoms with van der Waals surface area (Å²) in [5.74, 6) is -0.662. The third-order valence-corrected chi connectivity index (χ3v) is 2.44. The van der Waals surface area contributed by atoms with Crippen LogP contribution in [0.3, 0.4) is 0 Å². The van der Waals surface area contributed by atoms with Gasteiger partial charge in [0, 0.05) is 7.05 Å². The highest BCUT2D eigenvalue weighted by atomic mass is 32.1. The first-order valence-corrected chi connectivity index (χ1v) is 4.90. The van der Waals surface area contributed by atoms with Gasteiger partial charge in [0.15, 0.2) is 5.82 Å². The molecule has 0 aliphatic rings. The molecule has 1 amide bonds. The summed E-state index contributed by atoms with van der Waals surface area (Å²) in [6, 6.07) is 0. The number of hydrogen-bond acceptors (Lipinski definition) is 5. The fourth-order valence-corrected chi connectivity index (χ4v) is 1.65. The third-order valence-electron chi connectivity index (χ3n) is 1.62. The van der Waals surface area contributed by atoms with E-state index in [0.717, 1.165) is 0 Å². The molecule has 0 spiro atoms. The molecule has 0 saturated heterocycles. The number of nitrogens with zero attached hydrogens (tertiary/aromatic N) is 1. The van der Waals surface area contributed by atoms with Gasteiger partial charge >= 0.3 is 6.18 Å². The summed E-state index contributed by atoms with van der Waals surface area (Å²) < 4.78 is 39.5. The molecule has 0 aromatic carbocycles. The van der Waals surface area contributed by atoms with Gasteiger partial charge < -0.3 is 16.4 Å². The van der Waals surface area contributed by atoms with Crippen LogP contribution in [-0.4, -0.2) is 30.0 Å². The Kier molecular flexibility index (Phi) is 3.58. The highest BCUT2D eigenvalue weighted by Gasteiger charge is 2.28. The number of carbonyl (C=O) groups is 1. The molecule has 0 saturated carbocycles. The van der Waals surface area contributed by atoms with E-state index in [-0.39, 0.29) is 16.4 Å². The third kappa shape index (κ3) is 2.99. The number of nitrogens with one attached hydrogen (secondary N) is 2. The smallest absolute Gasteiger partial charge is 0.382 e. The van der Waals surface area contributed by atoms with Crippen LogP contribution in [0.5, 0.6) is 0 Å².